The van der Waals surface area contributed by atoms with Crippen molar-refractivity contribution in [1.29, 1.82) is 0 Å². The van der Waals surface area contributed by atoms with Gasteiger partial charge < -0.3 is 9.64 Å². The Labute approximate surface area is 116 Å². The number of benzene rings is 1. The van der Waals surface area contributed by atoms with Crippen molar-refractivity contribution >= 4 is 11.7 Å². The molecular formula is C16H25NO2. The fraction of sp³-hybridized carbons (Fsp3) is 0.562. The molecule has 19 heavy (non-hydrogen) atoms. The van der Waals surface area contributed by atoms with Crippen LogP contribution in [-0.4, -0.2) is 25.2 Å². The number of hydrogen-bond acceptors (Lipinski definition) is 3. The van der Waals surface area contributed by atoms with Gasteiger partial charge in [0.25, 0.3) is 0 Å². The summed E-state index contributed by atoms with van der Waals surface area (Å²) in [7, 11) is 0. The molecule has 0 atom stereocenters. The van der Waals surface area contributed by atoms with Crippen molar-refractivity contribution < 1.29 is 9.53 Å². The molecule has 1 rings (SSSR count). The molecule has 0 saturated carbocycles. The number of esters is 1. The average molecular weight is 263 g/mol. The standard InChI is InChI=1S/C16H25NO2/c1-5-10-17(11-6-2)15-9-7-8-14(12-15)16(18)19-13(3)4/h7-9,12-13H,5-6,10-11H2,1-4H3. The lowest BCUT2D eigenvalue weighted by Gasteiger charge is -2.24. The van der Waals surface area contributed by atoms with Crippen LogP contribution in [0.4, 0.5) is 5.69 Å². The van der Waals surface area contributed by atoms with E-state index in [2.05, 4.69) is 24.8 Å². The van der Waals surface area contributed by atoms with Crippen LogP contribution in [-0.2, 0) is 4.74 Å². The van der Waals surface area contributed by atoms with Gasteiger partial charge in [-0.1, -0.05) is 19.9 Å². The second-order valence-electron chi connectivity index (χ2n) is 4.99. The number of hydrogen-bond donors (Lipinski definition) is 0. The fourth-order valence-electron chi connectivity index (χ4n) is 2.02. The molecule has 0 amide bonds. The third-order valence-electron chi connectivity index (χ3n) is 2.78. The molecule has 0 radical (unpaired) electrons. The average Bonchev–Trinajstić information content (AvgIpc) is 2.38. The predicted molar refractivity (Wildman–Crippen MR) is 79.8 cm³/mol. The molecule has 1 aromatic rings. The molecule has 0 saturated heterocycles. The van der Waals surface area contributed by atoms with Gasteiger partial charge >= 0.3 is 5.97 Å². The van der Waals surface area contributed by atoms with E-state index in [1.54, 1.807) is 0 Å². The molecule has 0 unspecified atom stereocenters. The maximum Gasteiger partial charge on any atom is 0.338 e. The van der Waals surface area contributed by atoms with Crippen molar-refractivity contribution in [1.82, 2.24) is 0 Å². The van der Waals surface area contributed by atoms with Gasteiger partial charge in [0.05, 0.1) is 11.7 Å². The number of anilines is 1. The maximum absolute atomic E-state index is 11.9. The Morgan fingerprint density at radius 2 is 1.84 bits per heavy atom. The summed E-state index contributed by atoms with van der Waals surface area (Å²) in [5.74, 6) is -0.246. The Morgan fingerprint density at radius 3 is 2.37 bits per heavy atom. The number of carbonyl (C=O) groups excluding carboxylic acids is 1. The second kappa shape index (κ2) is 7.82. The summed E-state index contributed by atoms with van der Waals surface area (Å²) in [6.07, 6.45) is 2.11. The van der Waals surface area contributed by atoms with Crippen molar-refractivity contribution in [3.63, 3.8) is 0 Å². The van der Waals surface area contributed by atoms with Gasteiger partial charge in [0.2, 0.25) is 0 Å². The normalized spacial score (nSPS) is 10.6. The van der Waals surface area contributed by atoms with E-state index in [9.17, 15) is 4.79 Å². The molecule has 0 aliphatic carbocycles. The van der Waals surface area contributed by atoms with Gasteiger partial charge in [-0.05, 0) is 44.9 Å². The highest BCUT2D eigenvalue weighted by Gasteiger charge is 2.11. The third kappa shape index (κ3) is 4.93. The lowest BCUT2D eigenvalue weighted by molar-refractivity contribution is 0.0378. The van der Waals surface area contributed by atoms with Crippen LogP contribution in [0.2, 0.25) is 0 Å². The van der Waals surface area contributed by atoms with Crippen LogP contribution >= 0.6 is 0 Å². The fourth-order valence-corrected chi connectivity index (χ4v) is 2.02. The largest absolute Gasteiger partial charge is 0.459 e. The van der Waals surface area contributed by atoms with Gasteiger partial charge in [0, 0.05) is 18.8 Å². The van der Waals surface area contributed by atoms with E-state index in [1.165, 1.54) is 0 Å². The summed E-state index contributed by atoms with van der Waals surface area (Å²) in [4.78, 5) is 14.2. The van der Waals surface area contributed by atoms with E-state index in [-0.39, 0.29) is 12.1 Å². The number of rotatable bonds is 7. The SMILES string of the molecule is CCCN(CCC)c1cccc(C(=O)OC(C)C)c1. The number of nitrogens with zero attached hydrogens (tertiary/aromatic N) is 1. The van der Waals surface area contributed by atoms with Gasteiger partial charge in [0.1, 0.15) is 0 Å². The van der Waals surface area contributed by atoms with E-state index in [0.717, 1.165) is 31.6 Å². The minimum absolute atomic E-state index is 0.0847. The molecule has 106 valence electrons. The lowest BCUT2D eigenvalue weighted by Crippen LogP contribution is -2.25. The highest BCUT2D eigenvalue weighted by Crippen LogP contribution is 2.18. The van der Waals surface area contributed by atoms with Crippen LogP contribution in [0.5, 0.6) is 0 Å². The number of carbonyl (C=O) groups is 1. The lowest BCUT2D eigenvalue weighted by atomic mass is 10.1. The van der Waals surface area contributed by atoms with Crippen molar-refractivity contribution in [2.75, 3.05) is 18.0 Å². The summed E-state index contributed by atoms with van der Waals surface area (Å²) in [6, 6.07) is 7.71. The van der Waals surface area contributed by atoms with Gasteiger partial charge in [-0.25, -0.2) is 4.79 Å². The summed E-state index contributed by atoms with van der Waals surface area (Å²) in [6.45, 7) is 10.1. The van der Waals surface area contributed by atoms with Crippen molar-refractivity contribution in [2.45, 2.75) is 46.6 Å². The topological polar surface area (TPSA) is 29.5 Å². The zero-order valence-corrected chi connectivity index (χ0v) is 12.5. The molecule has 0 aliphatic rings. The summed E-state index contributed by atoms with van der Waals surface area (Å²) in [5, 5.41) is 0. The van der Waals surface area contributed by atoms with Crippen LogP contribution in [0.3, 0.4) is 0 Å². The minimum Gasteiger partial charge on any atom is -0.459 e. The zero-order valence-electron chi connectivity index (χ0n) is 12.5. The Kier molecular flexibility index (Phi) is 6.40. The van der Waals surface area contributed by atoms with E-state index >= 15 is 0 Å². The van der Waals surface area contributed by atoms with Crippen molar-refractivity contribution in [3.05, 3.63) is 29.8 Å². The Balaban J connectivity index is 2.88. The maximum atomic E-state index is 11.9. The van der Waals surface area contributed by atoms with Gasteiger partial charge in [-0.2, -0.15) is 0 Å². The molecule has 0 bridgehead atoms. The Hall–Kier alpha value is -1.51. The van der Waals surface area contributed by atoms with Crippen molar-refractivity contribution in [3.8, 4) is 0 Å². The second-order valence-corrected chi connectivity index (χ2v) is 4.99. The molecule has 1 aromatic carbocycles. The van der Waals surface area contributed by atoms with E-state index in [4.69, 9.17) is 4.74 Å². The monoisotopic (exact) mass is 263 g/mol. The highest BCUT2D eigenvalue weighted by molar-refractivity contribution is 5.90. The zero-order chi connectivity index (χ0) is 14.3. The molecule has 3 heteroatoms. The molecule has 0 aliphatic heterocycles. The summed E-state index contributed by atoms with van der Waals surface area (Å²) < 4.78 is 5.23. The number of ether oxygens (including phenoxy) is 1. The summed E-state index contributed by atoms with van der Waals surface area (Å²) >= 11 is 0. The summed E-state index contributed by atoms with van der Waals surface area (Å²) in [5.41, 5.74) is 1.73. The smallest absolute Gasteiger partial charge is 0.338 e. The van der Waals surface area contributed by atoms with Crippen LogP contribution in [0.15, 0.2) is 24.3 Å². The van der Waals surface area contributed by atoms with Gasteiger partial charge in [-0.3, -0.25) is 0 Å². The predicted octanol–water partition coefficient (Wildman–Crippen LogP) is 3.88. The van der Waals surface area contributed by atoms with Gasteiger partial charge in [-0.15, -0.1) is 0 Å². The van der Waals surface area contributed by atoms with E-state index in [0.29, 0.717) is 5.56 Å². The quantitative estimate of drug-likeness (QED) is 0.699. The molecule has 3 nitrogen and oxygen atoms in total. The van der Waals surface area contributed by atoms with Crippen LogP contribution in [0.1, 0.15) is 50.9 Å². The highest BCUT2D eigenvalue weighted by atomic mass is 16.5. The molecule has 0 spiro atoms. The van der Waals surface area contributed by atoms with E-state index in [1.807, 2.05) is 32.0 Å². The van der Waals surface area contributed by atoms with Crippen LogP contribution in [0.25, 0.3) is 0 Å². The first-order valence-corrected chi connectivity index (χ1v) is 7.14. The van der Waals surface area contributed by atoms with Crippen molar-refractivity contribution in [2.24, 2.45) is 0 Å². The molecule has 0 N–H and O–H groups in total. The third-order valence-corrected chi connectivity index (χ3v) is 2.78. The van der Waals surface area contributed by atoms with Crippen LogP contribution < -0.4 is 4.90 Å². The van der Waals surface area contributed by atoms with E-state index < -0.39 is 0 Å². The molecule has 0 heterocycles. The Bertz CT molecular complexity index is 395. The first-order chi connectivity index (χ1) is 9.08. The Morgan fingerprint density at radius 1 is 1.21 bits per heavy atom. The first-order valence-electron chi connectivity index (χ1n) is 7.14. The van der Waals surface area contributed by atoms with Gasteiger partial charge in [0.15, 0.2) is 0 Å². The van der Waals surface area contributed by atoms with Crippen LogP contribution in [0, 0.1) is 0 Å². The minimum atomic E-state index is -0.246. The first kappa shape index (κ1) is 15.5. The molecule has 0 aromatic heterocycles. The molecule has 0 fully saturated rings. The molecular weight excluding hydrogens is 238 g/mol.